The van der Waals surface area contributed by atoms with Crippen LogP contribution in [0.15, 0.2) is 55.2 Å². The highest BCUT2D eigenvalue weighted by atomic mass is 16.2. The SMILES string of the molecule is Cc1ccnc2nc(C(=O)NCc3ccc(Cn4ccnc4)cc3)nn12. The maximum Gasteiger partial charge on any atom is 0.291 e. The predicted molar refractivity (Wildman–Crippen MR) is 94.5 cm³/mol. The van der Waals surface area contributed by atoms with E-state index in [1.54, 1.807) is 23.2 Å². The summed E-state index contributed by atoms with van der Waals surface area (Å²) >= 11 is 0. The van der Waals surface area contributed by atoms with E-state index in [-0.39, 0.29) is 11.7 Å². The van der Waals surface area contributed by atoms with Gasteiger partial charge in [-0.2, -0.15) is 4.98 Å². The number of carbonyl (C=O) groups excluding carboxylic acids is 1. The second-order valence-electron chi connectivity index (χ2n) is 5.97. The average Bonchev–Trinajstić information content (AvgIpc) is 3.31. The first-order chi connectivity index (χ1) is 12.7. The van der Waals surface area contributed by atoms with Crippen molar-refractivity contribution in [3.05, 3.63) is 77.9 Å². The zero-order valence-corrected chi connectivity index (χ0v) is 14.2. The van der Waals surface area contributed by atoms with Crippen molar-refractivity contribution in [2.75, 3.05) is 0 Å². The summed E-state index contributed by atoms with van der Waals surface area (Å²) in [4.78, 5) is 24.6. The number of hydrogen-bond donors (Lipinski definition) is 1. The van der Waals surface area contributed by atoms with Crippen LogP contribution in [0.1, 0.15) is 27.4 Å². The molecule has 0 radical (unpaired) electrons. The first kappa shape index (κ1) is 15.9. The molecule has 130 valence electrons. The highest BCUT2D eigenvalue weighted by Crippen LogP contribution is 2.07. The molecule has 0 atom stereocenters. The maximum absolute atomic E-state index is 12.3. The number of benzene rings is 1. The van der Waals surface area contributed by atoms with E-state index in [0.29, 0.717) is 12.3 Å². The molecule has 3 heterocycles. The van der Waals surface area contributed by atoms with Crippen LogP contribution in [-0.2, 0) is 13.1 Å². The van der Waals surface area contributed by atoms with E-state index in [9.17, 15) is 4.79 Å². The number of amides is 1. The smallest absolute Gasteiger partial charge is 0.291 e. The van der Waals surface area contributed by atoms with Crippen LogP contribution in [0.4, 0.5) is 0 Å². The van der Waals surface area contributed by atoms with Crippen LogP contribution < -0.4 is 5.32 Å². The zero-order valence-electron chi connectivity index (χ0n) is 14.2. The zero-order chi connectivity index (χ0) is 17.9. The second-order valence-corrected chi connectivity index (χ2v) is 5.97. The molecule has 0 unspecified atom stereocenters. The summed E-state index contributed by atoms with van der Waals surface area (Å²) in [5, 5.41) is 7.04. The first-order valence-corrected chi connectivity index (χ1v) is 8.19. The minimum atomic E-state index is -0.322. The fourth-order valence-electron chi connectivity index (χ4n) is 2.62. The quantitative estimate of drug-likeness (QED) is 0.592. The van der Waals surface area contributed by atoms with Gasteiger partial charge in [-0.25, -0.2) is 14.5 Å². The molecule has 1 aromatic carbocycles. The van der Waals surface area contributed by atoms with Crippen LogP contribution in [-0.4, -0.2) is 35.0 Å². The number of nitrogens with zero attached hydrogens (tertiary/aromatic N) is 6. The molecule has 0 saturated heterocycles. The van der Waals surface area contributed by atoms with Gasteiger partial charge in [-0.3, -0.25) is 4.79 Å². The van der Waals surface area contributed by atoms with Gasteiger partial charge in [0, 0.05) is 37.4 Å². The number of hydrogen-bond acceptors (Lipinski definition) is 5. The summed E-state index contributed by atoms with van der Waals surface area (Å²) in [7, 11) is 0. The van der Waals surface area contributed by atoms with Gasteiger partial charge < -0.3 is 9.88 Å². The third-order valence-corrected chi connectivity index (χ3v) is 4.03. The molecular formula is C18H17N7O. The van der Waals surface area contributed by atoms with E-state index in [4.69, 9.17) is 0 Å². The molecule has 0 fully saturated rings. The lowest BCUT2D eigenvalue weighted by Gasteiger charge is -2.06. The van der Waals surface area contributed by atoms with Crippen molar-refractivity contribution in [3.8, 4) is 0 Å². The molecule has 0 aliphatic carbocycles. The molecule has 3 aromatic heterocycles. The van der Waals surface area contributed by atoms with Gasteiger partial charge in [-0.05, 0) is 24.1 Å². The van der Waals surface area contributed by atoms with Crippen LogP contribution in [0, 0.1) is 6.92 Å². The largest absolute Gasteiger partial charge is 0.345 e. The summed E-state index contributed by atoms with van der Waals surface area (Å²) in [6.07, 6.45) is 7.11. The van der Waals surface area contributed by atoms with E-state index in [2.05, 4.69) is 25.4 Å². The van der Waals surface area contributed by atoms with Crippen LogP contribution in [0.3, 0.4) is 0 Å². The number of nitrogens with one attached hydrogen (secondary N) is 1. The Labute approximate surface area is 149 Å². The minimum Gasteiger partial charge on any atom is -0.345 e. The monoisotopic (exact) mass is 347 g/mol. The van der Waals surface area contributed by atoms with Crippen molar-refractivity contribution in [2.45, 2.75) is 20.0 Å². The molecular weight excluding hydrogens is 330 g/mol. The van der Waals surface area contributed by atoms with Crippen LogP contribution >= 0.6 is 0 Å². The van der Waals surface area contributed by atoms with Gasteiger partial charge in [0.15, 0.2) is 0 Å². The molecule has 0 bridgehead atoms. The van der Waals surface area contributed by atoms with Crippen molar-refractivity contribution in [2.24, 2.45) is 0 Å². The summed E-state index contributed by atoms with van der Waals surface area (Å²) in [6.45, 7) is 3.06. The van der Waals surface area contributed by atoms with Gasteiger partial charge in [0.25, 0.3) is 11.7 Å². The van der Waals surface area contributed by atoms with E-state index < -0.39 is 0 Å². The Kier molecular flexibility index (Phi) is 4.14. The molecule has 0 spiro atoms. The number of imidazole rings is 1. The van der Waals surface area contributed by atoms with Gasteiger partial charge in [0.1, 0.15) is 0 Å². The first-order valence-electron chi connectivity index (χ1n) is 8.19. The number of aryl methyl sites for hydroxylation is 1. The van der Waals surface area contributed by atoms with Crippen LogP contribution in [0.2, 0.25) is 0 Å². The second kappa shape index (κ2) is 6.75. The molecule has 1 amide bonds. The highest BCUT2D eigenvalue weighted by molar-refractivity contribution is 5.90. The topological polar surface area (TPSA) is 90.0 Å². The summed E-state index contributed by atoms with van der Waals surface area (Å²) in [6, 6.07) is 9.88. The molecule has 0 aliphatic rings. The number of aromatic nitrogens is 6. The number of rotatable bonds is 5. The summed E-state index contributed by atoms with van der Waals surface area (Å²) < 4.78 is 3.56. The fourth-order valence-corrected chi connectivity index (χ4v) is 2.62. The molecule has 4 rings (SSSR count). The molecule has 26 heavy (non-hydrogen) atoms. The van der Waals surface area contributed by atoms with E-state index >= 15 is 0 Å². The Morgan fingerprint density at radius 1 is 1.12 bits per heavy atom. The Balaban J connectivity index is 1.39. The molecule has 8 nitrogen and oxygen atoms in total. The Morgan fingerprint density at radius 3 is 2.65 bits per heavy atom. The third-order valence-electron chi connectivity index (χ3n) is 4.03. The van der Waals surface area contributed by atoms with Gasteiger partial charge in [-0.15, -0.1) is 5.10 Å². The van der Waals surface area contributed by atoms with Crippen molar-refractivity contribution in [1.82, 2.24) is 34.4 Å². The third kappa shape index (κ3) is 3.30. The predicted octanol–water partition coefficient (Wildman–Crippen LogP) is 1.61. The lowest BCUT2D eigenvalue weighted by molar-refractivity contribution is 0.0940. The van der Waals surface area contributed by atoms with Crippen molar-refractivity contribution in [1.29, 1.82) is 0 Å². The Morgan fingerprint density at radius 2 is 1.92 bits per heavy atom. The number of carbonyl (C=O) groups is 1. The van der Waals surface area contributed by atoms with E-state index in [1.165, 1.54) is 5.56 Å². The molecule has 8 heteroatoms. The summed E-state index contributed by atoms with van der Waals surface area (Å²) in [5.41, 5.74) is 3.04. The van der Waals surface area contributed by atoms with Gasteiger partial charge >= 0.3 is 0 Å². The normalized spacial score (nSPS) is 11.0. The lowest BCUT2D eigenvalue weighted by atomic mass is 10.1. The Bertz CT molecular complexity index is 1040. The average molecular weight is 347 g/mol. The standard InChI is InChI=1S/C18H17N7O/c1-13-6-7-20-18-22-16(23-25(13)18)17(26)21-10-14-2-4-15(5-3-14)11-24-9-8-19-12-24/h2-9,12H,10-11H2,1H3,(H,21,26). The van der Waals surface area contributed by atoms with Crippen LogP contribution in [0.5, 0.6) is 0 Å². The number of fused-ring (bicyclic) bond motifs is 1. The van der Waals surface area contributed by atoms with Crippen molar-refractivity contribution in [3.63, 3.8) is 0 Å². The molecule has 0 aliphatic heterocycles. The maximum atomic E-state index is 12.3. The molecule has 0 saturated carbocycles. The molecule has 1 N–H and O–H groups in total. The van der Waals surface area contributed by atoms with Crippen molar-refractivity contribution >= 4 is 11.7 Å². The van der Waals surface area contributed by atoms with Gasteiger partial charge in [0.05, 0.1) is 6.33 Å². The summed E-state index contributed by atoms with van der Waals surface area (Å²) in [5.74, 6) is 0.208. The lowest BCUT2D eigenvalue weighted by Crippen LogP contribution is -2.24. The fraction of sp³-hybridized carbons (Fsp3) is 0.167. The van der Waals surface area contributed by atoms with E-state index in [0.717, 1.165) is 17.8 Å². The van der Waals surface area contributed by atoms with Crippen molar-refractivity contribution < 1.29 is 4.79 Å². The van der Waals surface area contributed by atoms with Gasteiger partial charge in [0.2, 0.25) is 5.82 Å². The highest BCUT2D eigenvalue weighted by Gasteiger charge is 2.13. The van der Waals surface area contributed by atoms with Crippen LogP contribution in [0.25, 0.3) is 5.78 Å². The minimum absolute atomic E-state index is 0.114. The molecule has 4 aromatic rings. The Hall–Kier alpha value is -3.55. The van der Waals surface area contributed by atoms with E-state index in [1.807, 2.05) is 48.0 Å². The van der Waals surface area contributed by atoms with Gasteiger partial charge in [-0.1, -0.05) is 24.3 Å².